The third kappa shape index (κ3) is 2.96. The Balaban J connectivity index is 2.32. The minimum Gasteiger partial charge on any atom is -0.382 e. The molecule has 2 aromatic rings. The van der Waals surface area contributed by atoms with Crippen molar-refractivity contribution in [1.82, 2.24) is 10.2 Å². The predicted molar refractivity (Wildman–Crippen MR) is 78.1 cm³/mol. The molecule has 0 spiro atoms. The molecule has 4 nitrogen and oxygen atoms in total. The summed E-state index contributed by atoms with van der Waals surface area (Å²) in [6, 6.07) is 6.36. The molecule has 1 heterocycles. The molecule has 0 radical (unpaired) electrons. The van der Waals surface area contributed by atoms with Crippen LogP contribution in [0.2, 0.25) is 0 Å². The lowest BCUT2D eigenvalue weighted by Gasteiger charge is -2.07. The van der Waals surface area contributed by atoms with E-state index < -0.39 is 0 Å². The quantitative estimate of drug-likeness (QED) is 0.811. The number of benzene rings is 1. The average Bonchev–Trinajstić information content (AvgIpc) is 2.75. The van der Waals surface area contributed by atoms with E-state index in [2.05, 4.69) is 42.2 Å². The van der Waals surface area contributed by atoms with E-state index in [1.54, 1.807) is 0 Å². The topological polar surface area (TPSA) is 63.9 Å². The van der Waals surface area contributed by atoms with Gasteiger partial charge in [0.1, 0.15) is 0 Å². The Labute approximate surface area is 114 Å². The van der Waals surface area contributed by atoms with Crippen LogP contribution in [0.3, 0.4) is 0 Å². The molecule has 0 unspecified atom stereocenters. The number of nitrogens with zero attached hydrogens (tertiary/aromatic N) is 1. The second kappa shape index (κ2) is 5.89. The number of H-pyrrole nitrogens is 1. The maximum Gasteiger partial charge on any atom is 0.153 e. The maximum absolute atomic E-state index is 5.98. The minimum absolute atomic E-state index is 0.551. The van der Waals surface area contributed by atoms with Crippen LogP contribution >= 0.6 is 0 Å². The molecular formula is C15H21N3O. The molecule has 0 saturated carbocycles. The zero-order valence-electron chi connectivity index (χ0n) is 11.8. The lowest BCUT2D eigenvalue weighted by atomic mass is 9.99. The molecule has 0 bridgehead atoms. The number of rotatable bonds is 5. The standard InChI is InChI=1S/C15H21N3O/c1-4-19-8-7-13-14(15(16)18-17-13)12-6-5-10(2)11(3)9-12/h5-6,9H,4,7-8H2,1-3H3,(H3,16,17,18). The summed E-state index contributed by atoms with van der Waals surface area (Å²) in [7, 11) is 0. The van der Waals surface area contributed by atoms with Crippen molar-refractivity contribution in [2.45, 2.75) is 27.2 Å². The summed E-state index contributed by atoms with van der Waals surface area (Å²) < 4.78 is 5.39. The van der Waals surface area contributed by atoms with E-state index in [4.69, 9.17) is 10.5 Å². The highest BCUT2D eigenvalue weighted by Gasteiger charge is 2.13. The number of nitrogens with two attached hydrogens (primary N) is 1. The molecule has 0 saturated heterocycles. The molecule has 102 valence electrons. The molecule has 1 aromatic heterocycles. The first kappa shape index (κ1) is 13.6. The molecule has 2 rings (SSSR count). The van der Waals surface area contributed by atoms with Crippen LogP contribution in [0.5, 0.6) is 0 Å². The highest BCUT2D eigenvalue weighted by Crippen LogP contribution is 2.29. The van der Waals surface area contributed by atoms with Gasteiger partial charge in [-0.25, -0.2) is 0 Å². The zero-order valence-corrected chi connectivity index (χ0v) is 11.8. The fourth-order valence-corrected chi connectivity index (χ4v) is 2.11. The number of hydrogen-bond acceptors (Lipinski definition) is 3. The summed E-state index contributed by atoms with van der Waals surface area (Å²) in [6.07, 6.45) is 0.792. The summed E-state index contributed by atoms with van der Waals surface area (Å²) in [5.41, 5.74) is 11.7. The van der Waals surface area contributed by atoms with Gasteiger partial charge in [0.25, 0.3) is 0 Å². The first-order valence-corrected chi connectivity index (χ1v) is 6.61. The number of anilines is 1. The summed E-state index contributed by atoms with van der Waals surface area (Å²) in [4.78, 5) is 0. The van der Waals surface area contributed by atoms with Crippen LogP contribution in [-0.2, 0) is 11.2 Å². The summed E-state index contributed by atoms with van der Waals surface area (Å²) >= 11 is 0. The highest BCUT2D eigenvalue weighted by molar-refractivity contribution is 5.76. The van der Waals surface area contributed by atoms with Crippen molar-refractivity contribution in [3.8, 4) is 11.1 Å². The van der Waals surface area contributed by atoms with E-state index in [0.717, 1.165) is 29.8 Å². The SMILES string of the molecule is CCOCCc1[nH]nc(N)c1-c1ccc(C)c(C)c1. The van der Waals surface area contributed by atoms with Crippen LogP contribution in [0.4, 0.5) is 5.82 Å². The monoisotopic (exact) mass is 259 g/mol. The first-order valence-electron chi connectivity index (χ1n) is 6.61. The van der Waals surface area contributed by atoms with E-state index in [1.807, 2.05) is 6.92 Å². The van der Waals surface area contributed by atoms with E-state index in [-0.39, 0.29) is 0 Å². The van der Waals surface area contributed by atoms with Crippen molar-refractivity contribution in [3.05, 3.63) is 35.0 Å². The van der Waals surface area contributed by atoms with Gasteiger partial charge in [0.2, 0.25) is 0 Å². The van der Waals surface area contributed by atoms with Crippen molar-refractivity contribution in [1.29, 1.82) is 0 Å². The van der Waals surface area contributed by atoms with Crippen LogP contribution in [0.25, 0.3) is 11.1 Å². The van der Waals surface area contributed by atoms with Crippen molar-refractivity contribution in [3.63, 3.8) is 0 Å². The number of aromatic nitrogens is 2. The normalized spacial score (nSPS) is 10.9. The third-order valence-electron chi connectivity index (χ3n) is 3.37. The molecule has 0 atom stereocenters. The maximum atomic E-state index is 5.98. The van der Waals surface area contributed by atoms with Gasteiger partial charge >= 0.3 is 0 Å². The van der Waals surface area contributed by atoms with Gasteiger partial charge in [0.15, 0.2) is 5.82 Å². The molecule has 0 aliphatic rings. The Hall–Kier alpha value is -1.81. The smallest absolute Gasteiger partial charge is 0.153 e. The second-order valence-electron chi connectivity index (χ2n) is 4.71. The molecule has 0 aliphatic carbocycles. The largest absolute Gasteiger partial charge is 0.382 e. The first-order chi connectivity index (χ1) is 9.13. The number of nitrogens with one attached hydrogen (secondary N) is 1. The van der Waals surface area contributed by atoms with E-state index in [9.17, 15) is 0 Å². The molecule has 19 heavy (non-hydrogen) atoms. The summed E-state index contributed by atoms with van der Waals surface area (Å²) in [5.74, 6) is 0.551. The van der Waals surface area contributed by atoms with Crippen LogP contribution < -0.4 is 5.73 Å². The fourth-order valence-electron chi connectivity index (χ4n) is 2.11. The number of hydrogen-bond donors (Lipinski definition) is 2. The van der Waals surface area contributed by atoms with Crippen LogP contribution in [0.15, 0.2) is 18.2 Å². The molecule has 3 N–H and O–H groups in total. The molecule has 0 fully saturated rings. The van der Waals surface area contributed by atoms with E-state index >= 15 is 0 Å². The molecule has 0 aliphatic heterocycles. The molecule has 1 aromatic carbocycles. The van der Waals surface area contributed by atoms with Gasteiger partial charge in [-0.05, 0) is 37.5 Å². The Kier molecular flexibility index (Phi) is 4.22. The molecule has 4 heteroatoms. The van der Waals surface area contributed by atoms with Crippen LogP contribution in [0.1, 0.15) is 23.7 Å². The van der Waals surface area contributed by atoms with Crippen LogP contribution in [-0.4, -0.2) is 23.4 Å². The average molecular weight is 259 g/mol. The second-order valence-corrected chi connectivity index (χ2v) is 4.71. The molecular weight excluding hydrogens is 238 g/mol. The summed E-state index contributed by atoms with van der Waals surface area (Å²) in [5, 5.41) is 7.13. The number of aromatic amines is 1. The Morgan fingerprint density at radius 1 is 1.26 bits per heavy atom. The van der Waals surface area contributed by atoms with E-state index in [1.165, 1.54) is 11.1 Å². The van der Waals surface area contributed by atoms with Crippen molar-refractivity contribution < 1.29 is 4.74 Å². The Morgan fingerprint density at radius 2 is 2.05 bits per heavy atom. The Morgan fingerprint density at radius 3 is 2.74 bits per heavy atom. The van der Waals surface area contributed by atoms with Gasteiger partial charge in [0.05, 0.1) is 6.61 Å². The predicted octanol–water partition coefficient (Wildman–Crippen LogP) is 2.85. The van der Waals surface area contributed by atoms with Crippen molar-refractivity contribution >= 4 is 5.82 Å². The molecule has 0 amide bonds. The number of ether oxygens (including phenoxy) is 1. The Bertz CT molecular complexity index is 561. The van der Waals surface area contributed by atoms with Gasteiger partial charge in [-0.1, -0.05) is 18.2 Å². The number of nitrogen functional groups attached to an aromatic ring is 1. The van der Waals surface area contributed by atoms with Crippen molar-refractivity contribution in [2.75, 3.05) is 18.9 Å². The van der Waals surface area contributed by atoms with Crippen LogP contribution in [0, 0.1) is 13.8 Å². The lowest BCUT2D eigenvalue weighted by molar-refractivity contribution is 0.150. The lowest BCUT2D eigenvalue weighted by Crippen LogP contribution is -2.00. The fraction of sp³-hybridized carbons (Fsp3) is 0.400. The zero-order chi connectivity index (χ0) is 13.8. The van der Waals surface area contributed by atoms with Gasteiger partial charge in [-0.2, -0.15) is 5.10 Å². The van der Waals surface area contributed by atoms with Crippen molar-refractivity contribution in [2.24, 2.45) is 0 Å². The van der Waals surface area contributed by atoms with Gasteiger partial charge in [0, 0.05) is 24.3 Å². The summed E-state index contributed by atoms with van der Waals surface area (Å²) in [6.45, 7) is 7.60. The van der Waals surface area contributed by atoms with Gasteiger partial charge in [-0.15, -0.1) is 0 Å². The van der Waals surface area contributed by atoms with Gasteiger partial charge < -0.3 is 10.5 Å². The van der Waals surface area contributed by atoms with Gasteiger partial charge in [-0.3, -0.25) is 5.10 Å². The third-order valence-corrected chi connectivity index (χ3v) is 3.37. The minimum atomic E-state index is 0.551. The highest BCUT2D eigenvalue weighted by atomic mass is 16.5. The van der Waals surface area contributed by atoms with E-state index in [0.29, 0.717) is 12.4 Å². The number of aryl methyl sites for hydroxylation is 2.